The molecule has 1 aliphatic carbocycles. The number of ether oxygens (including phenoxy) is 2. The van der Waals surface area contributed by atoms with Crippen molar-refractivity contribution in [3.05, 3.63) is 59.7 Å². The van der Waals surface area contributed by atoms with Crippen LogP contribution < -0.4 is 0 Å². The summed E-state index contributed by atoms with van der Waals surface area (Å²) in [6.45, 7) is 0. The van der Waals surface area contributed by atoms with Crippen LogP contribution >= 0.6 is 0 Å². The second-order valence-corrected chi connectivity index (χ2v) is 5.98. The van der Waals surface area contributed by atoms with Gasteiger partial charge in [0, 0.05) is 0 Å². The molecule has 0 aromatic heterocycles. The highest BCUT2D eigenvalue weighted by Gasteiger charge is 2.37. The summed E-state index contributed by atoms with van der Waals surface area (Å²) in [4.78, 5) is 24.7. The summed E-state index contributed by atoms with van der Waals surface area (Å²) in [5.41, 5.74) is 4.28. The molecule has 24 heavy (non-hydrogen) atoms. The van der Waals surface area contributed by atoms with Crippen molar-refractivity contribution in [2.24, 2.45) is 11.8 Å². The maximum Gasteiger partial charge on any atom is 0.309 e. The van der Waals surface area contributed by atoms with Gasteiger partial charge < -0.3 is 9.47 Å². The summed E-state index contributed by atoms with van der Waals surface area (Å²) in [5, 5.41) is 0. The molecule has 124 valence electrons. The van der Waals surface area contributed by atoms with Gasteiger partial charge in [-0.05, 0) is 35.1 Å². The number of methoxy groups -OCH3 is 2. The number of fused-ring (bicyclic) bond motifs is 3. The van der Waals surface area contributed by atoms with Crippen LogP contribution in [-0.2, 0) is 31.9 Å². The van der Waals surface area contributed by atoms with Gasteiger partial charge in [0.1, 0.15) is 0 Å². The summed E-state index contributed by atoms with van der Waals surface area (Å²) in [5.74, 6) is -1.87. The summed E-state index contributed by atoms with van der Waals surface area (Å²) in [6, 6.07) is 16.0. The normalized spacial score (nSPS) is 19.2. The molecule has 0 bridgehead atoms. The first kappa shape index (κ1) is 16.2. The largest absolute Gasteiger partial charge is 0.469 e. The van der Waals surface area contributed by atoms with Gasteiger partial charge in [-0.25, -0.2) is 0 Å². The number of esters is 2. The van der Waals surface area contributed by atoms with Gasteiger partial charge in [-0.15, -0.1) is 0 Å². The quantitative estimate of drug-likeness (QED) is 0.797. The van der Waals surface area contributed by atoms with Crippen molar-refractivity contribution in [1.29, 1.82) is 0 Å². The fourth-order valence-electron chi connectivity index (χ4n) is 3.48. The molecule has 0 saturated carbocycles. The lowest BCUT2D eigenvalue weighted by molar-refractivity contribution is -0.157. The molecule has 2 atom stereocenters. The Labute approximate surface area is 141 Å². The Hall–Kier alpha value is -2.62. The third-order valence-corrected chi connectivity index (χ3v) is 4.70. The Morgan fingerprint density at radius 2 is 1.12 bits per heavy atom. The van der Waals surface area contributed by atoms with Crippen LogP contribution in [-0.4, -0.2) is 26.2 Å². The van der Waals surface area contributed by atoms with E-state index in [0.717, 1.165) is 22.3 Å². The molecule has 0 saturated heterocycles. The van der Waals surface area contributed by atoms with Crippen molar-refractivity contribution in [2.75, 3.05) is 14.2 Å². The van der Waals surface area contributed by atoms with Crippen LogP contribution in [0, 0.1) is 11.8 Å². The van der Waals surface area contributed by atoms with E-state index in [0.29, 0.717) is 12.8 Å². The molecule has 2 aromatic rings. The summed E-state index contributed by atoms with van der Waals surface area (Å²) < 4.78 is 9.93. The van der Waals surface area contributed by atoms with Crippen LogP contribution in [0.5, 0.6) is 0 Å². The second-order valence-electron chi connectivity index (χ2n) is 5.98. The van der Waals surface area contributed by atoms with E-state index in [1.807, 2.05) is 36.4 Å². The topological polar surface area (TPSA) is 52.6 Å². The first-order valence-corrected chi connectivity index (χ1v) is 7.97. The number of carbonyl (C=O) groups excluding carboxylic acids is 2. The maximum atomic E-state index is 12.4. The van der Waals surface area contributed by atoms with E-state index in [1.165, 1.54) is 14.2 Å². The van der Waals surface area contributed by atoms with Crippen molar-refractivity contribution < 1.29 is 19.1 Å². The third kappa shape index (κ3) is 2.92. The smallest absolute Gasteiger partial charge is 0.309 e. The molecule has 0 amide bonds. The maximum absolute atomic E-state index is 12.4. The zero-order valence-corrected chi connectivity index (χ0v) is 13.8. The van der Waals surface area contributed by atoms with Crippen molar-refractivity contribution in [3.8, 4) is 11.1 Å². The van der Waals surface area contributed by atoms with Gasteiger partial charge in [-0.2, -0.15) is 0 Å². The first-order valence-electron chi connectivity index (χ1n) is 7.97. The van der Waals surface area contributed by atoms with Crippen molar-refractivity contribution in [3.63, 3.8) is 0 Å². The molecule has 3 rings (SSSR count). The Morgan fingerprint density at radius 3 is 1.50 bits per heavy atom. The molecule has 4 nitrogen and oxygen atoms in total. The Kier molecular flexibility index (Phi) is 4.65. The van der Waals surface area contributed by atoms with Gasteiger partial charge in [-0.3, -0.25) is 9.59 Å². The average molecular weight is 324 g/mol. The summed E-state index contributed by atoms with van der Waals surface area (Å²) in [6.07, 6.45) is 0.911. The molecule has 0 fully saturated rings. The van der Waals surface area contributed by atoms with Crippen molar-refractivity contribution >= 4 is 11.9 Å². The molecule has 0 spiro atoms. The van der Waals surface area contributed by atoms with E-state index in [9.17, 15) is 9.59 Å². The Balaban J connectivity index is 2.17. The van der Waals surface area contributed by atoms with Crippen molar-refractivity contribution in [2.45, 2.75) is 12.8 Å². The number of benzene rings is 2. The molecule has 4 heteroatoms. The number of hydrogen-bond donors (Lipinski definition) is 0. The number of rotatable bonds is 2. The van der Waals surface area contributed by atoms with Gasteiger partial charge in [0.05, 0.1) is 26.1 Å². The van der Waals surface area contributed by atoms with Crippen molar-refractivity contribution in [1.82, 2.24) is 0 Å². The van der Waals surface area contributed by atoms with E-state index in [-0.39, 0.29) is 11.9 Å². The van der Waals surface area contributed by atoms with E-state index < -0.39 is 11.8 Å². The van der Waals surface area contributed by atoms with E-state index in [2.05, 4.69) is 12.1 Å². The van der Waals surface area contributed by atoms with Crippen LogP contribution in [0.25, 0.3) is 11.1 Å². The van der Waals surface area contributed by atoms with Gasteiger partial charge in [0.25, 0.3) is 0 Å². The van der Waals surface area contributed by atoms with Crippen LogP contribution in [0.15, 0.2) is 48.5 Å². The first-order chi connectivity index (χ1) is 11.7. The number of carbonyl (C=O) groups is 2. The zero-order valence-electron chi connectivity index (χ0n) is 13.8. The Bertz CT molecular complexity index is 700. The third-order valence-electron chi connectivity index (χ3n) is 4.70. The standard InChI is InChI=1S/C20H20O4/c1-23-19(21)17-11-13-7-3-5-9-15(13)16-10-6-4-8-14(16)12-18(17)20(22)24-2/h3-10,17-18H,11-12H2,1-2H3/t17-,18-/m1/s1. The minimum absolute atomic E-state index is 0.375. The average Bonchev–Trinajstić information content (AvgIpc) is 2.62. The molecule has 0 radical (unpaired) electrons. The predicted octanol–water partition coefficient (Wildman–Crippen LogP) is 3.03. The zero-order chi connectivity index (χ0) is 17.1. The molecular formula is C20H20O4. The minimum atomic E-state index is -0.558. The SMILES string of the molecule is COC(=O)[C@@H]1Cc2ccccc2-c2ccccc2C[C@H]1C(=O)OC. The molecular weight excluding hydrogens is 304 g/mol. The van der Waals surface area contributed by atoms with Crippen LogP contribution in [0.2, 0.25) is 0 Å². The molecule has 0 heterocycles. The minimum Gasteiger partial charge on any atom is -0.469 e. The van der Waals surface area contributed by atoms with Crippen LogP contribution in [0.3, 0.4) is 0 Å². The molecule has 0 unspecified atom stereocenters. The van der Waals surface area contributed by atoms with Crippen LogP contribution in [0.4, 0.5) is 0 Å². The lowest BCUT2D eigenvalue weighted by Crippen LogP contribution is -2.35. The lowest BCUT2D eigenvalue weighted by atomic mass is 9.77. The number of hydrogen-bond acceptors (Lipinski definition) is 4. The lowest BCUT2D eigenvalue weighted by Gasteiger charge is -2.28. The van der Waals surface area contributed by atoms with E-state index in [1.54, 1.807) is 0 Å². The highest BCUT2D eigenvalue weighted by atomic mass is 16.5. The molecule has 0 N–H and O–H groups in total. The highest BCUT2D eigenvalue weighted by molar-refractivity contribution is 5.84. The van der Waals surface area contributed by atoms with Gasteiger partial charge in [0.2, 0.25) is 0 Å². The van der Waals surface area contributed by atoms with E-state index >= 15 is 0 Å². The second kappa shape index (κ2) is 6.87. The van der Waals surface area contributed by atoms with Gasteiger partial charge >= 0.3 is 11.9 Å². The van der Waals surface area contributed by atoms with Gasteiger partial charge in [0.15, 0.2) is 0 Å². The summed E-state index contributed by atoms with van der Waals surface area (Å²) in [7, 11) is 2.71. The summed E-state index contributed by atoms with van der Waals surface area (Å²) >= 11 is 0. The predicted molar refractivity (Wildman–Crippen MR) is 90.3 cm³/mol. The fourth-order valence-corrected chi connectivity index (χ4v) is 3.48. The van der Waals surface area contributed by atoms with Crippen LogP contribution in [0.1, 0.15) is 11.1 Å². The fraction of sp³-hybridized carbons (Fsp3) is 0.300. The molecule has 1 aliphatic rings. The van der Waals surface area contributed by atoms with Gasteiger partial charge in [-0.1, -0.05) is 48.5 Å². The monoisotopic (exact) mass is 324 g/mol. The molecule has 2 aromatic carbocycles. The highest BCUT2D eigenvalue weighted by Crippen LogP contribution is 2.36. The molecule has 0 aliphatic heterocycles. The Morgan fingerprint density at radius 1 is 0.750 bits per heavy atom. The van der Waals surface area contributed by atoms with E-state index in [4.69, 9.17) is 9.47 Å².